The first-order valence-corrected chi connectivity index (χ1v) is 9.95. The van der Waals surface area contributed by atoms with Gasteiger partial charge in [-0.3, -0.25) is 4.79 Å². The van der Waals surface area contributed by atoms with Crippen LogP contribution in [0.3, 0.4) is 0 Å². The number of rotatable bonds is 9. The highest BCUT2D eigenvalue weighted by Crippen LogP contribution is 2.31. The number of benzene rings is 1. The summed E-state index contributed by atoms with van der Waals surface area (Å²) in [5, 5.41) is 0. The van der Waals surface area contributed by atoms with Crippen molar-refractivity contribution in [3.05, 3.63) is 29.8 Å². The first-order valence-electron chi connectivity index (χ1n) is 9.95. The maximum Gasteiger partial charge on any atom is 0.308 e. The lowest BCUT2D eigenvalue weighted by Crippen LogP contribution is -2.23. The van der Waals surface area contributed by atoms with Gasteiger partial charge in [-0.2, -0.15) is 0 Å². The number of hydrogen-bond donors (Lipinski definition) is 0. The second-order valence-corrected chi connectivity index (χ2v) is 7.41. The number of methoxy groups -OCH3 is 1. The Balaban J connectivity index is 1.68. The molecule has 0 aromatic heterocycles. The van der Waals surface area contributed by atoms with Gasteiger partial charge in [0.2, 0.25) is 0 Å². The fraction of sp³-hybridized carbons (Fsp3) is 0.682. The normalized spacial score (nSPS) is 20.5. The zero-order valence-electron chi connectivity index (χ0n) is 16.1. The molecule has 0 unspecified atom stereocenters. The maximum absolute atomic E-state index is 11.6. The quantitative estimate of drug-likeness (QED) is 0.561. The van der Waals surface area contributed by atoms with Gasteiger partial charge in [0.05, 0.1) is 19.6 Å². The highest BCUT2D eigenvalue weighted by atomic mass is 16.5. The van der Waals surface area contributed by atoms with Crippen LogP contribution in [-0.4, -0.2) is 19.7 Å². The van der Waals surface area contributed by atoms with Crippen LogP contribution in [-0.2, 0) is 16.0 Å². The summed E-state index contributed by atoms with van der Waals surface area (Å²) in [6.07, 6.45) is 8.86. The van der Waals surface area contributed by atoms with Crippen molar-refractivity contribution in [3.8, 4) is 5.75 Å². The molecule has 0 spiro atoms. The summed E-state index contributed by atoms with van der Waals surface area (Å²) < 4.78 is 10.8. The Labute approximate surface area is 153 Å². The van der Waals surface area contributed by atoms with Gasteiger partial charge in [0.25, 0.3) is 0 Å². The predicted octanol–water partition coefficient (Wildman–Crippen LogP) is 5.41. The van der Waals surface area contributed by atoms with Gasteiger partial charge in [0.1, 0.15) is 5.75 Å². The van der Waals surface area contributed by atoms with Gasteiger partial charge in [-0.1, -0.05) is 38.8 Å². The van der Waals surface area contributed by atoms with Crippen LogP contribution in [0.5, 0.6) is 5.75 Å². The molecule has 1 fully saturated rings. The largest absolute Gasteiger partial charge is 0.494 e. The molecule has 1 aliphatic carbocycles. The number of carbonyl (C=O) groups is 1. The first kappa shape index (κ1) is 19.8. The van der Waals surface area contributed by atoms with Crippen LogP contribution < -0.4 is 4.74 Å². The van der Waals surface area contributed by atoms with Crippen LogP contribution in [0, 0.1) is 17.8 Å². The van der Waals surface area contributed by atoms with Gasteiger partial charge in [0.15, 0.2) is 0 Å². The van der Waals surface area contributed by atoms with Crippen LogP contribution in [0.15, 0.2) is 24.3 Å². The van der Waals surface area contributed by atoms with Crippen LogP contribution in [0.4, 0.5) is 0 Å². The Hall–Kier alpha value is -1.51. The summed E-state index contributed by atoms with van der Waals surface area (Å²) in [5.74, 6) is 2.51. The summed E-state index contributed by atoms with van der Waals surface area (Å²) in [4.78, 5) is 11.6. The average molecular weight is 347 g/mol. The molecule has 0 saturated heterocycles. The molecular formula is C22H34O3. The maximum atomic E-state index is 11.6. The number of esters is 1. The van der Waals surface area contributed by atoms with Gasteiger partial charge in [-0.15, -0.1) is 0 Å². The van der Waals surface area contributed by atoms with E-state index in [9.17, 15) is 4.79 Å². The van der Waals surface area contributed by atoms with Crippen molar-refractivity contribution in [2.75, 3.05) is 13.7 Å². The number of hydrogen-bond acceptors (Lipinski definition) is 3. The molecular weight excluding hydrogens is 312 g/mol. The van der Waals surface area contributed by atoms with Crippen molar-refractivity contribution in [3.63, 3.8) is 0 Å². The molecule has 3 heteroatoms. The minimum Gasteiger partial charge on any atom is -0.494 e. The molecule has 1 aliphatic rings. The van der Waals surface area contributed by atoms with Gasteiger partial charge < -0.3 is 9.47 Å². The van der Waals surface area contributed by atoms with Crippen molar-refractivity contribution in [1.82, 2.24) is 0 Å². The Morgan fingerprint density at radius 2 is 1.72 bits per heavy atom. The minimum atomic E-state index is -0.0387. The summed E-state index contributed by atoms with van der Waals surface area (Å²) in [7, 11) is 1.48. The lowest BCUT2D eigenvalue weighted by molar-refractivity contribution is -0.146. The van der Waals surface area contributed by atoms with E-state index in [0.29, 0.717) is 5.92 Å². The van der Waals surface area contributed by atoms with Crippen LogP contribution >= 0.6 is 0 Å². The molecule has 1 aromatic carbocycles. The Bertz CT molecular complexity index is 497. The molecule has 0 heterocycles. The number of carbonyl (C=O) groups excluding carboxylic acids is 1. The third-order valence-corrected chi connectivity index (χ3v) is 5.78. The lowest BCUT2D eigenvalue weighted by Gasteiger charge is -2.26. The molecule has 0 amide bonds. The summed E-state index contributed by atoms with van der Waals surface area (Å²) in [6, 6.07) is 8.61. The SMILES string of the molecule is CCC(CC)Cc1ccc(OCCC2CCC(C(=O)OC)CC2)cc1. The van der Waals surface area contributed by atoms with E-state index in [0.717, 1.165) is 56.8 Å². The van der Waals surface area contributed by atoms with Gasteiger partial charge in [-0.25, -0.2) is 0 Å². The van der Waals surface area contributed by atoms with Crippen LogP contribution in [0.1, 0.15) is 64.4 Å². The van der Waals surface area contributed by atoms with E-state index in [1.165, 1.54) is 25.5 Å². The lowest BCUT2D eigenvalue weighted by atomic mass is 9.81. The van der Waals surface area contributed by atoms with E-state index in [4.69, 9.17) is 9.47 Å². The summed E-state index contributed by atoms with van der Waals surface area (Å²) in [5.41, 5.74) is 1.40. The third kappa shape index (κ3) is 6.37. The monoisotopic (exact) mass is 346 g/mol. The molecule has 0 bridgehead atoms. The molecule has 2 rings (SSSR count). The minimum absolute atomic E-state index is 0.0387. The highest BCUT2D eigenvalue weighted by Gasteiger charge is 2.26. The highest BCUT2D eigenvalue weighted by molar-refractivity contribution is 5.72. The van der Waals surface area contributed by atoms with Crippen molar-refractivity contribution in [2.45, 2.75) is 65.2 Å². The molecule has 3 nitrogen and oxygen atoms in total. The fourth-order valence-corrected chi connectivity index (χ4v) is 3.83. The second-order valence-electron chi connectivity index (χ2n) is 7.41. The van der Waals surface area contributed by atoms with Gasteiger partial charge >= 0.3 is 5.97 Å². The molecule has 0 atom stereocenters. The van der Waals surface area contributed by atoms with E-state index in [2.05, 4.69) is 38.1 Å². The number of ether oxygens (including phenoxy) is 2. The van der Waals surface area contributed by atoms with Crippen molar-refractivity contribution >= 4 is 5.97 Å². The molecule has 0 radical (unpaired) electrons. The van der Waals surface area contributed by atoms with E-state index in [1.807, 2.05) is 0 Å². The van der Waals surface area contributed by atoms with Crippen LogP contribution in [0.25, 0.3) is 0 Å². The van der Waals surface area contributed by atoms with E-state index < -0.39 is 0 Å². The van der Waals surface area contributed by atoms with Crippen molar-refractivity contribution in [1.29, 1.82) is 0 Å². The predicted molar refractivity (Wildman–Crippen MR) is 102 cm³/mol. The zero-order valence-corrected chi connectivity index (χ0v) is 16.1. The molecule has 1 aromatic rings. The third-order valence-electron chi connectivity index (χ3n) is 5.78. The topological polar surface area (TPSA) is 35.5 Å². The average Bonchev–Trinajstić information content (AvgIpc) is 2.67. The summed E-state index contributed by atoms with van der Waals surface area (Å²) >= 11 is 0. The van der Waals surface area contributed by atoms with Crippen molar-refractivity contribution in [2.24, 2.45) is 17.8 Å². The molecule has 25 heavy (non-hydrogen) atoms. The smallest absolute Gasteiger partial charge is 0.308 e. The van der Waals surface area contributed by atoms with E-state index >= 15 is 0 Å². The molecule has 0 N–H and O–H groups in total. The zero-order chi connectivity index (χ0) is 18.1. The molecule has 0 aliphatic heterocycles. The first-order chi connectivity index (χ1) is 12.2. The Morgan fingerprint density at radius 3 is 2.28 bits per heavy atom. The molecule has 140 valence electrons. The second kappa shape index (κ2) is 10.5. The summed E-state index contributed by atoms with van der Waals surface area (Å²) in [6.45, 7) is 5.30. The van der Waals surface area contributed by atoms with Crippen molar-refractivity contribution < 1.29 is 14.3 Å². The Morgan fingerprint density at radius 1 is 1.08 bits per heavy atom. The van der Waals surface area contributed by atoms with E-state index in [1.54, 1.807) is 0 Å². The molecule has 1 saturated carbocycles. The Kier molecular flexibility index (Phi) is 8.30. The fourth-order valence-electron chi connectivity index (χ4n) is 3.83. The van der Waals surface area contributed by atoms with Crippen LogP contribution in [0.2, 0.25) is 0 Å². The van der Waals surface area contributed by atoms with Gasteiger partial charge in [-0.05, 0) is 68.1 Å². The standard InChI is InChI=1S/C22H34O3/c1-4-17(5-2)16-19-8-12-21(13-9-19)25-15-14-18-6-10-20(11-7-18)22(23)24-3/h8-9,12-13,17-18,20H,4-7,10-11,14-16H2,1-3H3. The van der Waals surface area contributed by atoms with Gasteiger partial charge in [0, 0.05) is 0 Å². The van der Waals surface area contributed by atoms with E-state index in [-0.39, 0.29) is 11.9 Å².